The van der Waals surface area contributed by atoms with Gasteiger partial charge in [0.05, 0.1) is 0 Å². The third-order valence-electron chi connectivity index (χ3n) is 10.00. The highest BCUT2D eigenvalue weighted by Gasteiger charge is 1.88. The molecule has 0 saturated heterocycles. The minimum Gasteiger partial charge on any atom is -0.373 e. The maximum Gasteiger partial charge on any atom is 0.279 e. The van der Waals surface area contributed by atoms with Crippen LogP contribution in [0.25, 0.3) is 0 Å². The number of nitrogens with one attached hydrogen (secondary N) is 4. The summed E-state index contributed by atoms with van der Waals surface area (Å²) in [7, 11) is -7.55. The average molecular weight is 1940 g/mol. The lowest BCUT2D eigenvalue weighted by molar-refractivity contribution is 0.572. The van der Waals surface area contributed by atoms with Crippen molar-refractivity contribution in [1.82, 2.24) is 0 Å². The van der Waals surface area contributed by atoms with Crippen molar-refractivity contribution < 1.29 is 17.4 Å². The lowest BCUT2D eigenvalue weighted by Gasteiger charge is -2.03. The summed E-state index contributed by atoms with van der Waals surface area (Å²) in [5.74, 6) is 4.31. The second-order valence-corrected chi connectivity index (χ2v) is 26.0. The summed E-state index contributed by atoms with van der Waals surface area (Å²) < 4.78 is 62.3. The molecule has 12 N–H and O–H groups in total. The van der Waals surface area contributed by atoms with Gasteiger partial charge in [0.25, 0.3) is 9.26 Å². The van der Waals surface area contributed by atoms with Crippen LogP contribution in [0, 0.1) is 19.1 Å². The van der Waals surface area contributed by atoms with Crippen LogP contribution in [0.1, 0.15) is 377 Å². The topological polar surface area (TPSA) is 268 Å². The Morgan fingerprint density at radius 3 is 0.543 bits per heavy atom. The van der Waals surface area contributed by atoms with Crippen LogP contribution in [-0.4, -0.2) is 44.1 Å². The van der Waals surface area contributed by atoms with Gasteiger partial charge in [0.2, 0.25) is 0 Å². The number of thiocarbonyl (C=S) groups is 1. The van der Waals surface area contributed by atoms with Crippen LogP contribution in [0.3, 0.4) is 0 Å². The maximum atomic E-state index is 10.7. The number of benzene rings is 8. The Kier molecular flexibility index (Phi) is 324. The van der Waals surface area contributed by atoms with Gasteiger partial charge in [-0.2, -0.15) is 8.42 Å². The van der Waals surface area contributed by atoms with Crippen LogP contribution in [0.4, 0.5) is 0 Å². The number of rotatable bonds is 12. The van der Waals surface area contributed by atoms with E-state index in [1.807, 2.05) is 580 Å². The van der Waals surface area contributed by atoms with Crippen molar-refractivity contribution in [3.63, 3.8) is 0 Å². The van der Waals surface area contributed by atoms with Gasteiger partial charge in [0, 0.05) is 49.8 Å². The van der Waals surface area contributed by atoms with E-state index in [2.05, 4.69) is 22.4 Å². The molecule has 19 heteroatoms. The highest BCUT2D eigenvalue weighted by atomic mass is 32.8. The zero-order chi connectivity index (χ0) is 108. The first-order valence-electron chi connectivity index (χ1n) is 48.7. The summed E-state index contributed by atoms with van der Waals surface area (Å²) >= 11 is 4.53. The molecule has 0 spiro atoms. The van der Waals surface area contributed by atoms with E-state index in [0.717, 1.165) is 23.1 Å². The van der Waals surface area contributed by atoms with E-state index >= 15 is 0 Å². The highest BCUT2D eigenvalue weighted by Crippen LogP contribution is 2.02. The van der Waals surface area contributed by atoms with E-state index in [4.69, 9.17) is 42.1 Å². The Labute approximate surface area is 823 Å². The van der Waals surface area contributed by atoms with E-state index in [0.29, 0.717) is 44.8 Å². The fourth-order valence-corrected chi connectivity index (χ4v) is 9.22. The Morgan fingerprint density at radius 2 is 0.411 bits per heavy atom. The average Bonchev–Trinajstić information content (AvgIpc) is 0.925. The van der Waals surface area contributed by atoms with Crippen molar-refractivity contribution in [2.45, 2.75) is 384 Å². The Hall–Kier alpha value is -7.29. The first-order valence-corrected chi connectivity index (χ1v) is 57.8. The van der Waals surface area contributed by atoms with Crippen molar-refractivity contribution in [1.29, 1.82) is 19.1 Å². The van der Waals surface area contributed by atoms with Gasteiger partial charge >= 0.3 is 0 Å². The van der Waals surface area contributed by atoms with Gasteiger partial charge in [-0.05, 0) is 95.1 Å². The van der Waals surface area contributed by atoms with Crippen LogP contribution in [-0.2, 0) is 112 Å². The predicted molar refractivity (Wildman–Crippen MR) is 631 cm³/mol. The smallest absolute Gasteiger partial charge is 0.279 e. The number of carbonyl (C=O) groups excluding carboxylic acids is 1. The SMILES string of the molecule is C=[S-](Cc1ccccc1)=S(=N)=O.CC.CC.CC.CC.CC.CC.CC.CC.CC.CC.CC.CC.CC.CC.CC.CC.CC.CC.CC.CC.CC.CC.CC.CC.N=S(=C=O)=CCc1ccccc1.N=S(=C=S)=CCc1ccccc1.N=S(=CCc1ccccc1)=S(=O)=O.NCc1ccccc1.NCc1ccccc1.NCc1ccccc1.NCc1ccccc1. The number of hydrogen-bond donors (Lipinski definition) is 8. The Bertz CT molecular complexity index is 3570. The van der Waals surface area contributed by atoms with Crippen LogP contribution in [0.5, 0.6) is 0 Å². The summed E-state index contributed by atoms with van der Waals surface area (Å²) in [5, 5.41) is 6.63. The third kappa shape index (κ3) is 186. The molecule has 0 aliphatic heterocycles. The molecule has 0 aliphatic rings. The van der Waals surface area contributed by atoms with Gasteiger partial charge < -0.3 is 32.0 Å². The number of hydrogen-bond acceptors (Lipinski definition) is 14. The molecule has 0 heterocycles. The van der Waals surface area contributed by atoms with Gasteiger partial charge in [-0.15, -0.1) is 0 Å². The summed E-state index contributed by atoms with van der Waals surface area (Å²) in [6.07, 6.45) is 2.00. The summed E-state index contributed by atoms with van der Waals surface area (Å²) in [6.45, 7) is 98.6. The van der Waals surface area contributed by atoms with Gasteiger partial charge in [-0.1, -0.05) is 596 Å². The van der Waals surface area contributed by atoms with Crippen molar-refractivity contribution in [3.05, 3.63) is 287 Å². The molecule has 8 aromatic rings. The molecule has 8 rings (SSSR count). The quantitative estimate of drug-likeness (QED) is 0.0426. The predicted octanol–water partition coefficient (Wildman–Crippen LogP) is 35.8. The first-order chi connectivity index (χ1) is 63.3. The van der Waals surface area contributed by atoms with E-state index in [1.54, 1.807) is 10.6 Å². The van der Waals surface area contributed by atoms with Gasteiger partial charge in [-0.3, -0.25) is 0 Å². The van der Waals surface area contributed by atoms with Crippen molar-refractivity contribution in [3.8, 4) is 0 Å². The van der Waals surface area contributed by atoms with Crippen LogP contribution < -0.4 is 22.9 Å². The van der Waals surface area contributed by atoms with Gasteiger partial charge in [0.1, 0.15) is 0 Å². The third-order valence-corrected chi connectivity index (χ3v) is 16.7. The molecule has 0 radical (unpaired) electrons. The zero-order valence-corrected chi connectivity index (χ0v) is 98.7. The molecule has 0 amide bonds. The summed E-state index contributed by atoms with van der Waals surface area (Å²) in [4.78, 5) is 9.99. The van der Waals surface area contributed by atoms with E-state index < -0.39 is 56.0 Å². The molecule has 129 heavy (non-hydrogen) atoms. The minimum absolute atomic E-state index is 0.529. The maximum absolute atomic E-state index is 10.7. The highest BCUT2D eigenvalue weighted by molar-refractivity contribution is 8.32. The lowest BCUT2D eigenvalue weighted by Crippen LogP contribution is -1.94. The standard InChI is InChI=1S/C9H9NOS.C9H9NS2.C8H9NO2S2.C8H10NOS2.4C7H9N.24C2H6/c2*10-12(8-11)7-6-9-4-2-1-3-5-9;9-12(13(10)11)7-6-8-4-2-1-3-5-8;1-11(12(9)10)7-8-5-3-2-4-6-8;4*8-6-7-4-2-1-3-5-7;24*1-2/h2*1-5,7,10H,6H2;1-5,7,9H,6H2;2-6,9H,1,7H2;4*1-5H,6,8H2;24*1-2H3/q;;;-1;;;;;;;;;;;;;;;;;;;;;;;;;;;;. The molecule has 0 aliphatic carbocycles. The minimum atomic E-state index is -2.30. The van der Waals surface area contributed by atoms with Crippen LogP contribution in [0.15, 0.2) is 243 Å². The van der Waals surface area contributed by atoms with Crippen LogP contribution in [0.2, 0.25) is 0 Å². The molecule has 12 nitrogen and oxygen atoms in total. The normalized spacial score (nSPS) is 6.86. The van der Waals surface area contributed by atoms with Gasteiger partial charge in [-0.25, -0.2) is 34.0 Å². The van der Waals surface area contributed by atoms with Crippen molar-refractivity contribution >= 4 is 99.8 Å². The summed E-state index contributed by atoms with van der Waals surface area (Å²) in [6, 6.07) is 79.0. The molecule has 0 atom stereocenters. The molecule has 0 saturated carbocycles. The fourth-order valence-electron chi connectivity index (χ4n) is 5.77. The van der Waals surface area contributed by atoms with E-state index in [1.165, 1.54) is 33.2 Å². The van der Waals surface area contributed by atoms with Crippen LogP contribution >= 0.6 is 12.2 Å². The van der Waals surface area contributed by atoms with Crippen molar-refractivity contribution in [2.75, 3.05) is 0 Å². The largest absolute Gasteiger partial charge is 0.373 e. The molecule has 0 unspecified atom stereocenters. The Balaban J connectivity index is -0.0000000417. The van der Waals surface area contributed by atoms with Gasteiger partial charge in [0.15, 0.2) is 5.23 Å². The molecule has 0 fully saturated rings. The molecule has 0 bridgehead atoms. The molecular formula is C110H217N8O4S7-. The second kappa shape index (κ2) is 225. The number of nitrogens with two attached hydrogens (primary N) is 4. The first kappa shape index (κ1) is 186. The lowest BCUT2D eigenvalue weighted by atomic mass is 10.2. The molecule has 8 aromatic carbocycles. The molecule has 764 valence electrons. The van der Waals surface area contributed by atoms with Crippen molar-refractivity contribution in [2.24, 2.45) is 22.9 Å². The van der Waals surface area contributed by atoms with E-state index in [9.17, 15) is 17.4 Å². The van der Waals surface area contributed by atoms with E-state index in [-0.39, 0.29) is 0 Å². The fraction of sp³-hybridized carbons (Fsp3) is 0.509. The zero-order valence-electron chi connectivity index (χ0n) is 93.0. The Morgan fingerprint density at radius 1 is 0.264 bits per heavy atom. The molecule has 0 aromatic heterocycles. The summed E-state index contributed by atoms with van der Waals surface area (Å²) in [5.41, 5.74) is 30.6. The second-order valence-electron chi connectivity index (χ2n) is 16.0. The monoisotopic (exact) mass is 1940 g/mol. The molecular weight excluding hydrogens is 1720 g/mol.